The van der Waals surface area contributed by atoms with Crippen LogP contribution in [-0.4, -0.2) is 15.2 Å². The lowest BCUT2D eigenvalue weighted by Crippen LogP contribution is -1.98. The zero-order chi connectivity index (χ0) is 9.42. The van der Waals surface area contributed by atoms with E-state index in [1.807, 2.05) is 0 Å². The van der Waals surface area contributed by atoms with Gasteiger partial charge in [0, 0.05) is 5.92 Å². The van der Waals surface area contributed by atoms with Gasteiger partial charge in [-0.15, -0.1) is 0 Å². The fourth-order valence-corrected chi connectivity index (χ4v) is 1.40. The van der Waals surface area contributed by atoms with Gasteiger partial charge in [-0.3, -0.25) is 0 Å². The molecule has 2 atom stereocenters. The van der Waals surface area contributed by atoms with Crippen LogP contribution in [0.15, 0.2) is 4.52 Å². The van der Waals surface area contributed by atoms with Gasteiger partial charge in [-0.2, -0.15) is 4.98 Å². The number of aliphatic hydroxyl groups is 1. The standard InChI is InChI=1S/C9H14N2O2/c1-5(7-3-4-7)9-10-8(6(2)12)11-13-9/h5-7,12H,3-4H2,1-2H3. The van der Waals surface area contributed by atoms with Crippen molar-refractivity contribution in [1.29, 1.82) is 0 Å². The highest BCUT2D eigenvalue weighted by Gasteiger charge is 2.32. The van der Waals surface area contributed by atoms with Crippen LogP contribution in [-0.2, 0) is 0 Å². The van der Waals surface area contributed by atoms with E-state index in [-0.39, 0.29) is 0 Å². The van der Waals surface area contributed by atoms with Crippen molar-refractivity contribution in [3.8, 4) is 0 Å². The lowest BCUT2D eigenvalue weighted by atomic mass is 10.1. The normalized spacial score (nSPS) is 21.5. The predicted octanol–water partition coefficient (Wildman–Crippen LogP) is 1.64. The van der Waals surface area contributed by atoms with Gasteiger partial charge in [-0.05, 0) is 25.7 Å². The van der Waals surface area contributed by atoms with Gasteiger partial charge < -0.3 is 9.63 Å². The minimum atomic E-state index is -0.635. The Morgan fingerprint density at radius 2 is 2.15 bits per heavy atom. The third-order valence-corrected chi connectivity index (χ3v) is 2.55. The van der Waals surface area contributed by atoms with Crippen LogP contribution < -0.4 is 0 Å². The highest BCUT2D eigenvalue weighted by atomic mass is 16.5. The Morgan fingerprint density at radius 3 is 2.62 bits per heavy atom. The van der Waals surface area contributed by atoms with Crippen LogP contribution in [0.4, 0.5) is 0 Å². The largest absolute Gasteiger partial charge is 0.385 e. The summed E-state index contributed by atoms with van der Waals surface area (Å²) in [5.41, 5.74) is 0. The van der Waals surface area contributed by atoms with Gasteiger partial charge in [0.1, 0.15) is 6.10 Å². The van der Waals surface area contributed by atoms with E-state index < -0.39 is 6.10 Å². The molecule has 0 aliphatic heterocycles. The quantitative estimate of drug-likeness (QED) is 0.771. The molecule has 1 aliphatic carbocycles. The second-order valence-electron chi connectivity index (χ2n) is 3.79. The maximum atomic E-state index is 9.19. The summed E-state index contributed by atoms with van der Waals surface area (Å²) in [6.45, 7) is 3.73. The van der Waals surface area contributed by atoms with E-state index >= 15 is 0 Å². The van der Waals surface area contributed by atoms with E-state index in [0.29, 0.717) is 23.6 Å². The zero-order valence-corrected chi connectivity index (χ0v) is 7.90. The Kier molecular flexibility index (Phi) is 2.07. The van der Waals surface area contributed by atoms with Crippen molar-refractivity contribution in [3.63, 3.8) is 0 Å². The van der Waals surface area contributed by atoms with Crippen LogP contribution in [0.1, 0.15) is 50.4 Å². The summed E-state index contributed by atoms with van der Waals surface area (Å²) < 4.78 is 5.07. The van der Waals surface area contributed by atoms with Crippen molar-refractivity contribution in [1.82, 2.24) is 10.1 Å². The molecular formula is C9H14N2O2. The van der Waals surface area contributed by atoms with Crippen LogP contribution in [0.25, 0.3) is 0 Å². The minimum Gasteiger partial charge on any atom is -0.385 e. The maximum Gasteiger partial charge on any atom is 0.229 e. The van der Waals surface area contributed by atoms with Crippen molar-refractivity contribution < 1.29 is 9.63 Å². The SMILES string of the molecule is CC(O)c1noc(C(C)C2CC2)n1. The first kappa shape index (κ1) is 8.69. The molecule has 72 valence electrons. The highest BCUT2D eigenvalue weighted by molar-refractivity contribution is 4.99. The molecule has 4 nitrogen and oxygen atoms in total. The second-order valence-corrected chi connectivity index (χ2v) is 3.79. The number of hydrogen-bond donors (Lipinski definition) is 1. The molecule has 0 bridgehead atoms. The van der Waals surface area contributed by atoms with Gasteiger partial charge in [0.05, 0.1) is 0 Å². The monoisotopic (exact) mass is 182 g/mol. The van der Waals surface area contributed by atoms with Crippen molar-refractivity contribution in [2.24, 2.45) is 5.92 Å². The van der Waals surface area contributed by atoms with E-state index in [0.717, 1.165) is 0 Å². The van der Waals surface area contributed by atoms with Crippen molar-refractivity contribution >= 4 is 0 Å². The zero-order valence-electron chi connectivity index (χ0n) is 7.90. The van der Waals surface area contributed by atoms with E-state index in [9.17, 15) is 5.11 Å². The third-order valence-electron chi connectivity index (χ3n) is 2.55. The molecule has 1 aromatic heterocycles. The second kappa shape index (κ2) is 3.10. The Balaban J connectivity index is 2.11. The molecular weight excluding hydrogens is 168 g/mol. The van der Waals surface area contributed by atoms with Gasteiger partial charge in [0.25, 0.3) is 0 Å². The van der Waals surface area contributed by atoms with E-state index in [1.54, 1.807) is 6.92 Å². The summed E-state index contributed by atoms with van der Waals surface area (Å²) in [7, 11) is 0. The molecule has 0 saturated heterocycles. The van der Waals surface area contributed by atoms with Crippen molar-refractivity contribution in [2.45, 2.75) is 38.7 Å². The predicted molar refractivity (Wildman–Crippen MR) is 46.1 cm³/mol. The van der Waals surface area contributed by atoms with Crippen molar-refractivity contribution in [2.75, 3.05) is 0 Å². The molecule has 1 heterocycles. The Morgan fingerprint density at radius 1 is 1.46 bits per heavy atom. The molecule has 1 fully saturated rings. The molecule has 0 spiro atoms. The first-order valence-electron chi connectivity index (χ1n) is 4.70. The van der Waals surface area contributed by atoms with Gasteiger partial charge >= 0.3 is 0 Å². The third kappa shape index (κ3) is 1.72. The molecule has 2 unspecified atom stereocenters. The number of aromatic nitrogens is 2. The van der Waals surface area contributed by atoms with Gasteiger partial charge in [-0.1, -0.05) is 12.1 Å². The molecule has 0 amide bonds. The molecule has 13 heavy (non-hydrogen) atoms. The van der Waals surface area contributed by atoms with Gasteiger partial charge in [0.2, 0.25) is 5.89 Å². The topological polar surface area (TPSA) is 59.2 Å². The molecule has 1 aliphatic rings. The number of rotatable bonds is 3. The average Bonchev–Trinajstić information content (AvgIpc) is 2.81. The fourth-order valence-electron chi connectivity index (χ4n) is 1.40. The van der Waals surface area contributed by atoms with Crippen LogP contribution in [0, 0.1) is 5.92 Å². The number of nitrogens with zero attached hydrogens (tertiary/aromatic N) is 2. The van der Waals surface area contributed by atoms with E-state index in [4.69, 9.17) is 4.52 Å². The van der Waals surface area contributed by atoms with Crippen LogP contribution in [0.5, 0.6) is 0 Å². The molecule has 4 heteroatoms. The summed E-state index contributed by atoms with van der Waals surface area (Å²) in [6.07, 6.45) is 1.88. The highest BCUT2D eigenvalue weighted by Crippen LogP contribution is 2.41. The molecule has 1 saturated carbocycles. The lowest BCUT2D eigenvalue weighted by Gasteiger charge is -2.01. The number of aliphatic hydroxyl groups excluding tert-OH is 1. The molecule has 0 radical (unpaired) electrons. The van der Waals surface area contributed by atoms with E-state index in [2.05, 4.69) is 17.1 Å². The number of hydrogen-bond acceptors (Lipinski definition) is 4. The first-order valence-corrected chi connectivity index (χ1v) is 4.70. The fraction of sp³-hybridized carbons (Fsp3) is 0.778. The summed E-state index contributed by atoms with van der Waals surface area (Å²) >= 11 is 0. The first-order chi connectivity index (χ1) is 6.18. The molecule has 0 aromatic carbocycles. The van der Waals surface area contributed by atoms with Crippen LogP contribution >= 0.6 is 0 Å². The minimum absolute atomic E-state index is 0.347. The Bertz CT molecular complexity index is 292. The van der Waals surface area contributed by atoms with Gasteiger partial charge in [-0.25, -0.2) is 0 Å². The molecule has 1 N–H and O–H groups in total. The van der Waals surface area contributed by atoms with Crippen LogP contribution in [0.2, 0.25) is 0 Å². The summed E-state index contributed by atoms with van der Waals surface area (Å²) in [5.74, 6) is 2.11. The Labute approximate surface area is 77.0 Å². The summed E-state index contributed by atoms with van der Waals surface area (Å²) in [4.78, 5) is 4.14. The van der Waals surface area contributed by atoms with Gasteiger partial charge in [0.15, 0.2) is 5.82 Å². The Hall–Kier alpha value is -0.900. The lowest BCUT2D eigenvalue weighted by molar-refractivity contribution is 0.184. The molecule has 1 aromatic rings. The average molecular weight is 182 g/mol. The van der Waals surface area contributed by atoms with Crippen LogP contribution in [0.3, 0.4) is 0 Å². The summed E-state index contributed by atoms with van der Waals surface area (Å²) in [6, 6.07) is 0. The smallest absolute Gasteiger partial charge is 0.229 e. The summed E-state index contributed by atoms with van der Waals surface area (Å²) in [5, 5.41) is 12.9. The maximum absolute atomic E-state index is 9.19. The molecule has 2 rings (SSSR count). The van der Waals surface area contributed by atoms with Crippen molar-refractivity contribution in [3.05, 3.63) is 11.7 Å². The van der Waals surface area contributed by atoms with E-state index in [1.165, 1.54) is 12.8 Å².